The van der Waals surface area contributed by atoms with Crippen molar-refractivity contribution in [1.29, 1.82) is 0 Å². The molecule has 1 rings (SSSR count). The van der Waals surface area contributed by atoms with Crippen molar-refractivity contribution in [3.8, 4) is 5.75 Å². The highest BCUT2D eigenvalue weighted by molar-refractivity contribution is 6.32. The highest BCUT2D eigenvalue weighted by Gasteiger charge is 2.07. The van der Waals surface area contributed by atoms with Crippen LogP contribution in [0.15, 0.2) is 23.2 Å². The quantitative estimate of drug-likeness (QED) is 0.599. The molecular formula is C12H16ClNO2. The van der Waals surface area contributed by atoms with Gasteiger partial charge in [0.15, 0.2) is 0 Å². The van der Waals surface area contributed by atoms with Gasteiger partial charge in [-0.2, -0.15) is 0 Å². The predicted molar refractivity (Wildman–Crippen MR) is 66.7 cm³/mol. The molecule has 4 heteroatoms. The molecule has 0 heterocycles. The van der Waals surface area contributed by atoms with Gasteiger partial charge in [0.2, 0.25) is 5.90 Å². The minimum atomic E-state index is 0.559. The van der Waals surface area contributed by atoms with Gasteiger partial charge in [-0.05, 0) is 24.6 Å². The zero-order valence-electron chi connectivity index (χ0n) is 9.79. The summed E-state index contributed by atoms with van der Waals surface area (Å²) in [7, 11) is 3.26. The molecule has 0 unspecified atom stereocenters. The fourth-order valence-electron chi connectivity index (χ4n) is 1.30. The van der Waals surface area contributed by atoms with E-state index in [0.717, 1.165) is 12.0 Å². The summed E-state index contributed by atoms with van der Waals surface area (Å²) in [5.74, 6) is 1.25. The zero-order valence-corrected chi connectivity index (χ0v) is 10.5. The van der Waals surface area contributed by atoms with Crippen LogP contribution in [0, 0.1) is 0 Å². The molecule has 0 saturated heterocycles. The second-order valence-corrected chi connectivity index (χ2v) is 3.63. The first-order valence-electron chi connectivity index (χ1n) is 5.16. The number of benzene rings is 1. The molecule has 0 saturated carbocycles. The van der Waals surface area contributed by atoms with Gasteiger partial charge in [-0.3, -0.25) is 4.99 Å². The van der Waals surface area contributed by atoms with Crippen molar-refractivity contribution in [2.75, 3.05) is 20.8 Å². The Balaban J connectivity index is 2.90. The van der Waals surface area contributed by atoms with Gasteiger partial charge in [0.25, 0.3) is 0 Å². The average molecular weight is 242 g/mol. The van der Waals surface area contributed by atoms with Crippen LogP contribution in [0.4, 0.5) is 0 Å². The Morgan fingerprint density at radius 1 is 1.44 bits per heavy atom. The third kappa shape index (κ3) is 3.14. The van der Waals surface area contributed by atoms with Crippen LogP contribution in [0.3, 0.4) is 0 Å². The number of hydrogen-bond acceptors (Lipinski definition) is 3. The lowest BCUT2D eigenvalue weighted by Gasteiger charge is -2.09. The van der Waals surface area contributed by atoms with Gasteiger partial charge in [0, 0.05) is 12.6 Å². The molecule has 3 nitrogen and oxygen atoms in total. The predicted octanol–water partition coefficient (Wildman–Crippen LogP) is 3.15. The Bertz CT molecular complexity index is 377. The van der Waals surface area contributed by atoms with Crippen LogP contribution < -0.4 is 4.74 Å². The number of nitrogens with zero attached hydrogens (tertiary/aromatic N) is 1. The monoisotopic (exact) mass is 241 g/mol. The lowest BCUT2D eigenvalue weighted by atomic mass is 10.2. The van der Waals surface area contributed by atoms with Gasteiger partial charge in [-0.1, -0.05) is 18.5 Å². The Kier molecular flexibility index (Phi) is 5.12. The van der Waals surface area contributed by atoms with Crippen molar-refractivity contribution in [1.82, 2.24) is 0 Å². The minimum Gasteiger partial charge on any atom is -0.492 e. The lowest BCUT2D eigenvalue weighted by molar-refractivity contribution is 0.317. The van der Waals surface area contributed by atoms with Crippen LogP contribution in [0.5, 0.6) is 5.75 Å². The maximum Gasteiger partial charge on any atom is 0.215 e. The van der Waals surface area contributed by atoms with Gasteiger partial charge >= 0.3 is 0 Å². The first-order chi connectivity index (χ1) is 7.72. The van der Waals surface area contributed by atoms with E-state index in [1.807, 2.05) is 12.1 Å². The first-order valence-corrected chi connectivity index (χ1v) is 5.54. The first kappa shape index (κ1) is 12.8. The van der Waals surface area contributed by atoms with Crippen molar-refractivity contribution in [2.45, 2.75) is 13.3 Å². The normalized spacial score (nSPS) is 11.4. The molecule has 0 atom stereocenters. The molecular weight excluding hydrogens is 226 g/mol. The van der Waals surface area contributed by atoms with Gasteiger partial charge in [0.1, 0.15) is 5.75 Å². The number of halogens is 1. The Labute approximate surface area is 101 Å². The molecule has 0 fully saturated rings. The van der Waals surface area contributed by atoms with Gasteiger partial charge in [0.05, 0.1) is 18.7 Å². The fraction of sp³-hybridized carbons (Fsp3) is 0.417. The summed E-state index contributed by atoms with van der Waals surface area (Å²) in [4.78, 5) is 4.00. The highest BCUT2D eigenvalue weighted by atomic mass is 35.5. The molecule has 1 aromatic carbocycles. The molecule has 0 N–H and O–H groups in total. The van der Waals surface area contributed by atoms with Crippen LogP contribution in [0.2, 0.25) is 5.02 Å². The number of hydrogen-bond donors (Lipinski definition) is 0. The molecule has 0 aromatic heterocycles. The maximum atomic E-state index is 6.09. The molecule has 0 radical (unpaired) electrons. The summed E-state index contributed by atoms with van der Waals surface area (Å²) in [6, 6.07) is 5.50. The summed E-state index contributed by atoms with van der Waals surface area (Å²) in [6.45, 7) is 2.72. The smallest absolute Gasteiger partial charge is 0.215 e. The van der Waals surface area contributed by atoms with Gasteiger partial charge in [-0.15, -0.1) is 0 Å². The summed E-state index contributed by atoms with van der Waals surface area (Å²) in [6.07, 6.45) is 0.956. The third-order valence-corrected chi connectivity index (χ3v) is 2.33. The summed E-state index contributed by atoms with van der Waals surface area (Å²) in [5, 5.41) is 0.573. The standard InChI is InChI=1S/C12H16ClNO2/c1-4-7-16-11-6-5-9(8-10(11)13)12(14-2)15-3/h5-6,8H,4,7H2,1-3H3. The molecule has 0 amide bonds. The second-order valence-electron chi connectivity index (χ2n) is 3.23. The molecule has 0 aliphatic heterocycles. The van der Waals surface area contributed by atoms with E-state index in [4.69, 9.17) is 21.1 Å². The van der Waals surface area contributed by atoms with E-state index in [9.17, 15) is 0 Å². The molecule has 1 aromatic rings. The lowest BCUT2D eigenvalue weighted by Crippen LogP contribution is -2.04. The number of ether oxygens (including phenoxy) is 2. The summed E-state index contributed by atoms with van der Waals surface area (Å²) < 4.78 is 10.6. The van der Waals surface area contributed by atoms with Crippen molar-refractivity contribution in [3.05, 3.63) is 28.8 Å². The Morgan fingerprint density at radius 3 is 2.69 bits per heavy atom. The van der Waals surface area contributed by atoms with E-state index in [-0.39, 0.29) is 0 Å². The van der Waals surface area contributed by atoms with E-state index < -0.39 is 0 Å². The molecule has 16 heavy (non-hydrogen) atoms. The van der Waals surface area contributed by atoms with Crippen molar-refractivity contribution in [2.24, 2.45) is 4.99 Å². The summed E-state index contributed by atoms with van der Waals surface area (Å²) >= 11 is 6.09. The van der Waals surface area contributed by atoms with E-state index in [0.29, 0.717) is 23.3 Å². The van der Waals surface area contributed by atoms with E-state index in [1.54, 1.807) is 20.2 Å². The van der Waals surface area contributed by atoms with Crippen LogP contribution in [0.25, 0.3) is 0 Å². The Morgan fingerprint density at radius 2 is 2.19 bits per heavy atom. The van der Waals surface area contributed by atoms with Gasteiger partial charge in [-0.25, -0.2) is 0 Å². The molecule has 0 spiro atoms. The number of methoxy groups -OCH3 is 1. The highest BCUT2D eigenvalue weighted by Crippen LogP contribution is 2.25. The van der Waals surface area contributed by atoms with Crippen molar-refractivity contribution in [3.63, 3.8) is 0 Å². The molecule has 0 bridgehead atoms. The summed E-state index contributed by atoms with van der Waals surface area (Å²) in [5.41, 5.74) is 0.846. The van der Waals surface area contributed by atoms with Gasteiger partial charge < -0.3 is 9.47 Å². The average Bonchev–Trinajstić information content (AvgIpc) is 2.29. The van der Waals surface area contributed by atoms with E-state index >= 15 is 0 Å². The van der Waals surface area contributed by atoms with Crippen LogP contribution in [-0.2, 0) is 4.74 Å². The zero-order chi connectivity index (χ0) is 12.0. The van der Waals surface area contributed by atoms with Crippen LogP contribution >= 0.6 is 11.6 Å². The fourth-order valence-corrected chi connectivity index (χ4v) is 1.54. The topological polar surface area (TPSA) is 30.8 Å². The van der Waals surface area contributed by atoms with Crippen LogP contribution in [-0.4, -0.2) is 26.7 Å². The maximum absolute atomic E-state index is 6.09. The second kappa shape index (κ2) is 6.38. The van der Waals surface area contributed by atoms with E-state index in [1.165, 1.54) is 0 Å². The molecule has 0 aliphatic carbocycles. The largest absolute Gasteiger partial charge is 0.492 e. The number of aliphatic imine (C=N–C) groups is 1. The SMILES string of the molecule is CCCOc1ccc(C(=NC)OC)cc1Cl. The third-order valence-electron chi connectivity index (χ3n) is 2.04. The van der Waals surface area contributed by atoms with Crippen molar-refractivity contribution >= 4 is 17.5 Å². The van der Waals surface area contributed by atoms with Crippen LogP contribution in [0.1, 0.15) is 18.9 Å². The number of rotatable bonds is 4. The van der Waals surface area contributed by atoms with E-state index in [2.05, 4.69) is 11.9 Å². The Hall–Kier alpha value is -1.22. The molecule has 88 valence electrons. The van der Waals surface area contributed by atoms with Crippen molar-refractivity contribution < 1.29 is 9.47 Å². The minimum absolute atomic E-state index is 0.559. The molecule has 0 aliphatic rings.